The van der Waals surface area contributed by atoms with Gasteiger partial charge in [-0.25, -0.2) is 0 Å². The van der Waals surface area contributed by atoms with Crippen LogP contribution in [0.4, 0.5) is 0 Å². The Labute approximate surface area is 277 Å². The van der Waals surface area contributed by atoms with Crippen LogP contribution in [0.5, 0.6) is 46.0 Å². The van der Waals surface area contributed by atoms with Gasteiger partial charge in [0.1, 0.15) is 5.75 Å². The van der Waals surface area contributed by atoms with Crippen LogP contribution in [-0.2, 0) is 25.7 Å². The predicted octanol–water partition coefficient (Wildman–Crippen LogP) is 7.27. The van der Waals surface area contributed by atoms with Crippen LogP contribution in [-0.4, -0.2) is 74.2 Å². The summed E-state index contributed by atoms with van der Waals surface area (Å²) in [6, 6.07) is 21.1. The lowest BCUT2D eigenvalue weighted by atomic mass is 9.86. The molecule has 8 nitrogen and oxygen atoms in total. The molecule has 0 saturated carbocycles. The molecule has 4 aromatic rings. The standard InChI is InChI=1S/C39H43N3O5/c1-40(2)14-5-17-44-33-11-8-25-19-30-29-23-36-35(22-26(29)12-15-41(30)3)46-38-32(43)21-27-13-16-42(4)31(37(27)39(38)47-36)18-24-6-9-28(10-7-24)45-34(33)20-25/h6-11,20-23,30-31,43H,5,12-19H2,1-4H3/t30-,31?/m0/s1. The Hall–Kier alpha value is -4.24. The molecular weight excluding hydrogens is 590 g/mol. The van der Waals surface area contributed by atoms with E-state index in [-0.39, 0.29) is 17.8 Å². The van der Waals surface area contributed by atoms with Crippen LogP contribution in [0.1, 0.15) is 51.9 Å². The van der Waals surface area contributed by atoms with Crippen LogP contribution in [0.15, 0.2) is 60.7 Å². The zero-order valence-electron chi connectivity index (χ0n) is 27.7. The fraction of sp³-hybridized carbons (Fsp3) is 0.385. The van der Waals surface area contributed by atoms with Crippen molar-refractivity contribution >= 4 is 0 Å². The van der Waals surface area contributed by atoms with Crippen molar-refractivity contribution in [3.63, 3.8) is 0 Å². The van der Waals surface area contributed by atoms with E-state index in [2.05, 4.69) is 97.5 Å². The first-order valence-electron chi connectivity index (χ1n) is 16.8. The molecule has 244 valence electrons. The number of hydrogen-bond donors (Lipinski definition) is 1. The predicted molar refractivity (Wildman–Crippen MR) is 182 cm³/mol. The molecular formula is C39H43N3O5. The van der Waals surface area contributed by atoms with E-state index in [0.717, 1.165) is 80.1 Å². The van der Waals surface area contributed by atoms with Gasteiger partial charge in [0.05, 0.1) is 6.61 Å². The Morgan fingerprint density at radius 1 is 0.766 bits per heavy atom. The average Bonchev–Trinajstić information content (AvgIpc) is 3.05. The number of benzene rings is 4. The maximum atomic E-state index is 11.1. The Kier molecular flexibility index (Phi) is 7.75. The van der Waals surface area contributed by atoms with Gasteiger partial charge in [-0.1, -0.05) is 18.2 Å². The molecule has 0 aliphatic carbocycles. The summed E-state index contributed by atoms with van der Waals surface area (Å²) < 4.78 is 26.2. The molecule has 4 aromatic carbocycles. The Bertz CT molecular complexity index is 1820. The zero-order valence-corrected chi connectivity index (χ0v) is 27.7. The van der Waals surface area contributed by atoms with Crippen molar-refractivity contribution in [2.24, 2.45) is 0 Å². The van der Waals surface area contributed by atoms with Gasteiger partial charge in [-0.2, -0.15) is 0 Å². The fourth-order valence-electron chi connectivity index (χ4n) is 7.58. The molecule has 5 aliphatic rings. The quantitative estimate of drug-likeness (QED) is 0.203. The zero-order chi connectivity index (χ0) is 32.2. The highest BCUT2D eigenvalue weighted by Gasteiger charge is 2.37. The molecule has 0 fully saturated rings. The summed E-state index contributed by atoms with van der Waals surface area (Å²) >= 11 is 0. The van der Waals surface area contributed by atoms with E-state index in [1.54, 1.807) is 0 Å². The maximum absolute atomic E-state index is 11.1. The molecule has 8 heteroatoms. The number of ether oxygens (including phenoxy) is 4. The van der Waals surface area contributed by atoms with Crippen LogP contribution in [0.25, 0.3) is 0 Å². The third kappa shape index (κ3) is 5.69. The fourth-order valence-corrected chi connectivity index (χ4v) is 7.58. The van der Waals surface area contributed by atoms with Crippen molar-refractivity contribution in [2.45, 2.75) is 44.2 Å². The Morgan fingerprint density at radius 3 is 2.28 bits per heavy atom. The summed E-state index contributed by atoms with van der Waals surface area (Å²) in [6.07, 6.45) is 4.27. The SMILES string of the molecule is CN(C)CCCOc1ccc2cc1Oc1ccc(cc1)CC1c3c(cc(O)c4c3Oc3cc5c(cc3O4)CCN(C)[C@H]5C2)CCN1C. The van der Waals surface area contributed by atoms with Crippen molar-refractivity contribution in [1.82, 2.24) is 14.7 Å². The minimum absolute atomic E-state index is 0.0549. The number of fused-ring (bicyclic) bond motifs is 2. The third-order valence-electron chi connectivity index (χ3n) is 10.2. The van der Waals surface area contributed by atoms with E-state index in [4.69, 9.17) is 18.9 Å². The number of nitrogens with zero attached hydrogens (tertiary/aromatic N) is 3. The third-order valence-corrected chi connectivity index (χ3v) is 10.2. The normalized spacial score (nSPS) is 19.9. The van der Waals surface area contributed by atoms with E-state index in [0.29, 0.717) is 29.6 Å². The number of hydrogen-bond acceptors (Lipinski definition) is 8. The molecule has 1 unspecified atom stereocenters. The monoisotopic (exact) mass is 633 g/mol. The van der Waals surface area contributed by atoms with E-state index in [9.17, 15) is 5.11 Å². The van der Waals surface area contributed by atoms with Crippen molar-refractivity contribution < 1.29 is 24.1 Å². The topological polar surface area (TPSA) is 66.9 Å². The van der Waals surface area contributed by atoms with Gasteiger partial charge in [-0.3, -0.25) is 9.80 Å². The van der Waals surface area contributed by atoms with E-state index in [1.807, 2.05) is 6.07 Å². The van der Waals surface area contributed by atoms with Crippen LogP contribution >= 0.6 is 0 Å². The molecule has 47 heavy (non-hydrogen) atoms. The molecule has 5 heterocycles. The number of phenols is 1. The number of likely N-dealkylation sites (N-methyl/N-ethyl adjacent to an activating group) is 2. The highest BCUT2D eigenvalue weighted by molar-refractivity contribution is 5.67. The van der Waals surface area contributed by atoms with Crippen molar-refractivity contribution in [2.75, 3.05) is 54.4 Å². The second-order valence-electron chi connectivity index (χ2n) is 13.8. The van der Waals surface area contributed by atoms with E-state index >= 15 is 0 Å². The molecule has 0 spiro atoms. The number of phenolic OH excluding ortho intramolecular Hbond substituents is 1. The smallest absolute Gasteiger partial charge is 0.212 e. The summed E-state index contributed by atoms with van der Waals surface area (Å²) in [4.78, 5) is 6.98. The van der Waals surface area contributed by atoms with Gasteiger partial charge in [0.2, 0.25) is 5.75 Å². The van der Waals surface area contributed by atoms with Gasteiger partial charge >= 0.3 is 0 Å². The lowest BCUT2D eigenvalue weighted by Crippen LogP contribution is -2.34. The van der Waals surface area contributed by atoms with E-state index in [1.165, 1.54) is 22.3 Å². The summed E-state index contributed by atoms with van der Waals surface area (Å²) in [5, 5.41) is 11.1. The largest absolute Gasteiger partial charge is 0.504 e. The molecule has 1 N–H and O–H groups in total. The lowest BCUT2D eigenvalue weighted by Gasteiger charge is -2.38. The van der Waals surface area contributed by atoms with Gasteiger partial charge < -0.3 is 29.0 Å². The minimum Gasteiger partial charge on any atom is -0.504 e. The second-order valence-corrected chi connectivity index (χ2v) is 13.8. The van der Waals surface area contributed by atoms with Crippen molar-refractivity contribution in [3.05, 3.63) is 94.0 Å². The van der Waals surface area contributed by atoms with Crippen molar-refractivity contribution in [3.8, 4) is 46.0 Å². The van der Waals surface area contributed by atoms with E-state index < -0.39 is 0 Å². The first kappa shape index (κ1) is 30.1. The highest BCUT2D eigenvalue weighted by Crippen LogP contribution is 2.56. The first-order valence-corrected chi connectivity index (χ1v) is 16.8. The molecule has 5 aliphatic heterocycles. The molecule has 2 atom stereocenters. The molecule has 9 rings (SSSR count). The number of aromatic hydroxyl groups is 1. The molecule has 0 aromatic heterocycles. The Morgan fingerprint density at radius 2 is 1.47 bits per heavy atom. The van der Waals surface area contributed by atoms with Gasteiger partial charge in [0.25, 0.3) is 0 Å². The van der Waals surface area contributed by atoms with Crippen LogP contribution in [0.2, 0.25) is 0 Å². The molecule has 0 radical (unpaired) electrons. The van der Waals surface area contributed by atoms with Crippen molar-refractivity contribution in [1.29, 1.82) is 0 Å². The summed E-state index contributed by atoms with van der Waals surface area (Å²) in [5.41, 5.74) is 7.06. The molecule has 0 saturated heterocycles. The highest BCUT2D eigenvalue weighted by atomic mass is 16.6. The maximum Gasteiger partial charge on any atom is 0.212 e. The summed E-state index contributed by atoms with van der Waals surface area (Å²) in [6.45, 7) is 3.41. The first-order chi connectivity index (χ1) is 22.8. The number of rotatable bonds is 5. The Balaban J connectivity index is 1.24. The minimum atomic E-state index is 0.0549. The van der Waals surface area contributed by atoms with Gasteiger partial charge in [0.15, 0.2) is 34.5 Å². The van der Waals surface area contributed by atoms with Crippen LogP contribution in [0, 0.1) is 0 Å². The van der Waals surface area contributed by atoms with Crippen LogP contribution in [0.3, 0.4) is 0 Å². The van der Waals surface area contributed by atoms with Gasteiger partial charge in [0, 0.05) is 37.3 Å². The summed E-state index contributed by atoms with van der Waals surface area (Å²) in [7, 11) is 8.52. The summed E-state index contributed by atoms with van der Waals surface area (Å²) in [5.74, 6) is 4.81. The van der Waals surface area contributed by atoms with Gasteiger partial charge in [-0.05, 0) is 131 Å². The molecule has 7 bridgehead atoms. The lowest BCUT2D eigenvalue weighted by molar-refractivity contribution is 0.218. The molecule has 0 amide bonds. The van der Waals surface area contributed by atoms with Gasteiger partial charge in [-0.15, -0.1) is 0 Å². The van der Waals surface area contributed by atoms with Crippen LogP contribution < -0.4 is 18.9 Å². The second kappa shape index (κ2) is 12.1. The average molecular weight is 634 g/mol.